The lowest BCUT2D eigenvalue weighted by Gasteiger charge is -1.96. The fourth-order valence-corrected chi connectivity index (χ4v) is 1.23. The van der Waals surface area contributed by atoms with Crippen LogP contribution in [0, 0.1) is 12.5 Å². The minimum Gasteiger partial charge on any atom is -0.453 e. The standard InChI is InChI=1S/C9H10N4O2.C2HClO/c1-15-9(14)13-8-11-6-3-2-5(10)4-7(6)12-8;1-2-4-3/h2-4H,10H2,1H3,(H2,11,12,13,14);1H. The number of carbonyl (C=O) groups excluding carboxylic acids is 1. The Kier molecular flexibility index (Phi) is 5.32. The van der Waals surface area contributed by atoms with Crippen LogP contribution in [0.1, 0.15) is 0 Å². The molecule has 1 heterocycles. The number of nitrogens with two attached hydrogens (primary N) is 1. The van der Waals surface area contributed by atoms with Gasteiger partial charge in [0.1, 0.15) is 18.0 Å². The predicted molar refractivity (Wildman–Crippen MR) is 72.3 cm³/mol. The number of anilines is 2. The Labute approximate surface area is 114 Å². The SMILES string of the molecule is C#COCl.COC(=O)Nc1nc2ccc(N)cc2[nH]1. The third-order valence-corrected chi connectivity index (χ3v) is 2.05. The molecule has 1 aromatic carbocycles. The molecule has 0 atom stereocenters. The van der Waals surface area contributed by atoms with Gasteiger partial charge in [-0.25, -0.2) is 9.78 Å². The van der Waals surface area contributed by atoms with E-state index in [0.29, 0.717) is 11.6 Å². The highest BCUT2D eigenvalue weighted by atomic mass is 35.5. The fourth-order valence-electron chi connectivity index (χ4n) is 1.23. The second kappa shape index (κ2) is 6.98. The van der Waals surface area contributed by atoms with Gasteiger partial charge in [0.25, 0.3) is 0 Å². The normalized spacial score (nSPS) is 8.89. The van der Waals surface area contributed by atoms with Gasteiger partial charge in [-0.05, 0) is 18.2 Å². The lowest BCUT2D eigenvalue weighted by Crippen LogP contribution is -2.11. The number of rotatable bonds is 1. The van der Waals surface area contributed by atoms with Crippen molar-refractivity contribution in [2.45, 2.75) is 0 Å². The molecular formula is C11H11ClN4O3. The smallest absolute Gasteiger partial charge is 0.413 e. The number of imidazole rings is 1. The number of benzene rings is 1. The summed E-state index contributed by atoms with van der Waals surface area (Å²) in [5.41, 5.74) is 7.73. The molecule has 8 heteroatoms. The van der Waals surface area contributed by atoms with Gasteiger partial charge in [-0.2, -0.15) is 0 Å². The summed E-state index contributed by atoms with van der Waals surface area (Å²) in [6, 6.07) is 5.25. The van der Waals surface area contributed by atoms with E-state index in [4.69, 9.17) is 5.73 Å². The molecule has 0 spiro atoms. The molecule has 2 rings (SSSR count). The molecule has 0 saturated heterocycles. The van der Waals surface area contributed by atoms with Crippen LogP contribution in [0.2, 0.25) is 0 Å². The summed E-state index contributed by atoms with van der Waals surface area (Å²) in [7, 11) is 1.29. The van der Waals surface area contributed by atoms with E-state index >= 15 is 0 Å². The van der Waals surface area contributed by atoms with Crippen molar-refractivity contribution in [3.8, 4) is 12.5 Å². The number of H-pyrrole nitrogens is 1. The molecule has 0 saturated carbocycles. The topological polar surface area (TPSA) is 102 Å². The van der Waals surface area contributed by atoms with Gasteiger partial charge in [-0.1, -0.05) is 6.42 Å². The summed E-state index contributed by atoms with van der Waals surface area (Å²) in [6.45, 7) is 0. The van der Waals surface area contributed by atoms with Crippen molar-refractivity contribution in [1.82, 2.24) is 9.97 Å². The molecule has 0 aliphatic rings. The van der Waals surface area contributed by atoms with Crippen molar-refractivity contribution < 1.29 is 13.8 Å². The minimum atomic E-state index is -0.568. The molecule has 1 aromatic heterocycles. The Hall–Kier alpha value is -2.59. The average molecular weight is 283 g/mol. The number of carbonyl (C=O) groups is 1. The average Bonchev–Trinajstić information content (AvgIpc) is 2.80. The largest absolute Gasteiger partial charge is 0.453 e. The van der Waals surface area contributed by atoms with Crippen LogP contribution in [0.5, 0.6) is 0 Å². The summed E-state index contributed by atoms with van der Waals surface area (Å²) in [5, 5.41) is 2.43. The van der Waals surface area contributed by atoms with Crippen molar-refractivity contribution in [2.75, 3.05) is 18.2 Å². The number of ether oxygens (including phenoxy) is 1. The van der Waals surface area contributed by atoms with E-state index in [-0.39, 0.29) is 0 Å². The van der Waals surface area contributed by atoms with E-state index in [1.165, 1.54) is 7.11 Å². The van der Waals surface area contributed by atoms with Crippen molar-refractivity contribution in [3.05, 3.63) is 18.2 Å². The molecule has 0 fully saturated rings. The van der Waals surface area contributed by atoms with Gasteiger partial charge in [0, 0.05) is 5.69 Å². The number of hydrogen-bond acceptors (Lipinski definition) is 5. The predicted octanol–water partition coefficient (Wildman–Crippen LogP) is 2.07. The van der Waals surface area contributed by atoms with Crippen LogP contribution < -0.4 is 11.1 Å². The number of fused-ring (bicyclic) bond motifs is 1. The van der Waals surface area contributed by atoms with Crippen LogP contribution in [0.4, 0.5) is 16.4 Å². The van der Waals surface area contributed by atoms with Crippen LogP contribution in [-0.4, -0.2) is 23.2 Å². The van der Waals surface area contributed by atoms with E-state index in [9.17, 15) is 4.79 Å². The first-order valence-electron chi connectivity index (χ1n) is 4.94. The number of amides is 1. The van der Waals surface area contributed by atoms with Gasteiger partial charge in [-0.15, -0.1) is 0 Å². The molecule has 1 amide bonds. The summed E-state index contributed by atoms with van der Waals surface area (Å²) in [5.74, 6) is 0.336. The lowest BCUT2D eigenvalue weighted by atomic mass is 10.3. The third kappa shape index (κ3) is 4.29. The Balaban J connectivity index is 0.000000399. The minimum absolute atomic E-state index is 0.336. The van der Waals surface area contributed by atoms with E-state index in [0.717, 1.165) is 11.0 Å². The van der Waals surface area contributed by atoms with Crippen LogP contribution in [0.25, 0.3) is 11.0 Å². The summed E-state index contributed by atoms with van der Waals surface area (Å²) >= 11 is 4.45. The van der Waals surface area contributed by atoms with Gasteiger partial charge in [0.15, 0.2) is 0 Å². The first kappa shape index (κ1) is 14.5. The molecule has 4 N–H and O–H groups in total. The second-order valence-corrected chi connectivity index (χ2v) is 3.33. The van der Waals surface area contributed by atoms with Crippen molar-refractivity contribution in [1.29, 1.82) is 0 Å². The molecular weight excluding hydrogens is 272 g/mol. The van der Waals surface area contributed by atoms with Gasteiger partial charge >= 0.3 is 6.09 Å². The first-order chi connectivity index (χ1) is 9.10. The van der Waals surface area contributed by atoms with Crippen LogP contribution >= 0.6 is 11.9 Å². The highest BCUT2D eigenvalue weighted by Crippen LogP contribution is 2.16. The maximum Gasteiger partial charge on any atom is 0.413 e. The summed E-state index contributed by atoms with van der Waals surface area (Å²) in [4.78, 5) is 17.9. The number of nitrogen functional groups attached to an aromatic ring is 1. The number of aromatic nitrogens is 2. The number of methoxy groups -OCH3 is 1. The number of hydrogen-bond donors (Lipinski definition) is 3. The Bertz CT molecular complexity index is 605. The zero-order chi connectivity index (χ0) is 14.3. The van der Waals surface area contributed by atoms with Crippen LogP contribution in [0.15, 0.2) is 18.2 Å². The maximum atomic E-state index is 10.9. The van der Waals surface area contributed by atoms with E-state index in [2.05, 4.69) is 42.6 Å². The van der Waals surface area contributed by atoms with Crippen molar-refractivity contribution >= 4 is 40.6 Å². The maximum absolute atomic E-state index is 10.9. The molecule has 0 aliphatic carbocycles. The van der Waals surface area contributed by atoms with Gasteiger partial charge in [0.2, 0.25) is 5.95 Å². The van der Waals surface area contributed by atoms with E-state index < -0.39 is 6.09 Å². The summed E-state index contributed by atoms with van der Waals surface area (Å²) in [6.07, 6.45) is 5.55. The zero-order valence-corrected chi connectivity index (χ0v) is 10.7. The Morgan fingerprint density at radius 2 is 2.32 bits per heavy atom. The molecule has 100 valence electrons. The van der Waals surface area contributed by atoms with Crippen LogP contribution in [0.3, 0.4) is 0 Å². The highest BCUT2D eigenvalue weighted by molar-refractivity contribution is 6.08. The highest BCUT2D eigenvalue weighted by Gasteiger charge is 2.06. The Morgan fingerprint density at radius 1 is 1.63 bits per heavy atom. The Morgan fingerprint density at radius 3 is 2.89 bits per heavy atom. The van der Waals surface area contributed by atoms with Crippen molar-refractivity contribution in [2.24, 2.45) is 0 Å². The second-order valence-electron chi connectivity index (χ2n) is 3.17. The number of nitrogens with zero attached hydrogens (tertiary/aromatic N) is 1. The number of nitrogens with one attached hydrogen (secondary N) is 2. The fraction of sp³-hybridized carbons (Fsp3) is 0.0909. The quantitative estimate of drug-likeness (QED) is 0.549. The zero-order valence-electron chi connectivity index (χ0n) is 9.94. The number of halogens is 1. The summed E-state index contributed by atoms with van der Waals surface area (Å²) < 4.78 is 7.98. The lowest BCUT2D eigenvalue weighted by molar-refractivity contribution is 0.186. The molecule has 0 bridgehead atoms. The molecule has 0 radical (unpaired) electrons. The van der Waals surface area contributed by atoms with Gasteiger partial charge < -0.3 is 19.7 Å². The van der Waals surface area contributed by atoms with E-state index in [1.54, 1.807) is 24.3 Å². The third-order valence-electron chi connectivity index (χ3n) is 1.96. The monoisotopic (exact) mass is 282 g/mol. The molecule has 0 unspecified atom stereocenters. The number of terminal acetylenes is 1. The molecule has 0 aliphatic heterocycles. The van der Waals surface area contributed by atoms with Crippen molar-refractivity contribution in [3.63, 3.8) is 0 Å². The van der Waals surface area contributed by atoms with Gasteiger partial charge in [-0.3, -0.25) is 5.32 Å². The number of aromatic amines is 1. The van der Waals surface area contributed by atoms with E-state index in [1.807, 2.05) is 0 Å². The van der Waals surface area contributed by atoms with Crippen LogP contribution in [-0.2, 0) is 9.03 Å². The van der Waals surface area contributed by atoms with Gasteiger partial charge in [0.05, 0.1) is 18.1 Å². The molecule has 7 nitrogen and oxygen atoms in total. The first-order valence-corrected chi connectivity index (χ1v) is 5.25. The molecule has 2 aromatic rings. The molecule has 19 heavy (non-hydrogen) atoms.